The summed E-state index contributed by atoms with van der Waals surface area (Å²) in [5.41, 5.74) is 1.82. The highest BCUT2D eigenvalue weighted by atomic mass is 79.9. The van der Waals surface area contributed by atoms with Crippen LogP contribution < -0.4 is 10.2 Å². The Kier molecular flexibility index (Phi) is 5.20. The SMILES string of the molecule is CN(CCN1CCNCC1)c1ccc(C#N)c(Br)c1. The fourth-order valence-electron chi connectivity index (χ4n) is 2.19. The van der Waals surface area contributed by atoms with Gasteiger partial charge in [-0.15, -0.1) is 0 Å². The first kappa shape index (κ1) is 14.3. The number of hydrogen-bond acceptors (Lipinski definition) is 4. The monoisotopic (exact) mass is 322 g/mol. The zero-order valence-electron chi connectivity index (χ0n) is 11.2. The lowest BCUT2D eigenvalue weighted by Crippen LogP contribution is -2.46. The third-order valence-electron chi connectivity index (χ3n) is 3.48. The first-order chi connectivity index (χ1) is 9.20. The first-order valence-corrected chi connectivity index (χ1v) is 7.34. The highest BCUT2D eigenvalue weighted by molar-refractivity contribution is 9.10. The van der Waals surface area contributed by atoms with Crippen molar-refractivity contribution in [1.29, 1.82) is 5.26 Å². The minimum atomic E-state index is 0.680. The molecule has 19 heavy (non-hydrogen) atoms. The standard InChI is InChI=1S/C14H19BrN4/c1-18(8-9-19-6-4-17-5-7-19)13-3-2-12(11-16)14(15)10-13/h2-3,10,17H,4-9H2,1H3. The van der Waals surface area contributed by atoms with Crippen LogP contribution in [-0.4, -0.2) is 51.2 Å². The molecule has 1 aliphatic heterocycles. The number of anilines is 1. The van der Waals surface area contributed by atoms with Gasteiger partial charge in [-0.3, -0.25) is 4.90 Å². The molecule has 4 nitrogen and oxygen atoms in total. The number of likely N-dealkylation sites (N-methyl/N-ethyl adjacent to an activating group) is 1. The Morgan fingerprint density at radius 2 is 2.16 bits per heavy atom. The molecule has 102 valence electrons. The van der Waals surface area contributed by atoms with Gasteiger partial charge in [0.1, 0.15) is 6.07 Å². The van der Waals surface area contributed by atoms with Crippen LogP contribution in [0, 0.1) is 11.3 Å². The van der Waals surface area contributed by atoms with Gasteiger partial charge in [0.2, 0.25) is 0 Å². The summed E-state index contributed by atoms with van der Waals surface area (Å²) in [6, 6.07) is 8.04. The molecule has 0 saturated carbocycles. The van der Waals surface area contributed by atoms with Crippen molar-refractivity contribution in [1.82, 2.24) is 10.2 Å². The van der Waals surface area contributed by atoms with Gasteiger partial charge in [0.25, 0.3) is 0 Å². The largest absolute Gasteiger partial charge is 0.373 e. The molecule has 5 heteroatoms. The van der Waals surface area contributed by atoms with Gasteiger partial charge in [0, 0.05) is 56.5 Å². The van der Waals surface area contributed by atoms with Gasteiger partial charge in [-0.2, -0.15) is 5.26 Å². The lowest BCUT2D eigenvalue weighted by molar-refractivity contribution is 0.246. The van der Waals surface area contributed by atoms with Crippen LogP contribution in [-0.2, 0) is 0 Å². The van der Waals surface area contributed by atoms with E-state index in [1.165, 1.54) is 0 Å². The van der Waals surface area contributed by atoms with E-state index in [0.29, 0.717) is 5.56 Å². The summed E-state index contributed by atoms with van der Waals surface area (Å²) < 4.78 is 0.863. The number of benzene rings is 1. The van der Waals surface area contributed by atoms with Gasteiger partial charge in [-0.05, 0) is 34.1 Å². The van der Waals surface area contributed by atoms with E-state index in [4.69, 9.17) is 5.26 Å². The van der Waals surface area contributed by atoms with Gasteiger partial charge in [-0.1, -0.05) is 0 Å². The van der Waals surface area contributed by atoms with E-state index >= 15 is 0 Å². The van der Waals surface area contributed by atoms with Crippen molar-refractivity contribution in [3.8, 4) is 6.07 Å². The summed E-state index contributed by atoms with van der Waals surface area (Å²) in [6.45, 7) is 6.52. The van der Waals surface area contributed by atoms with Crippen LogP contribution >= 0.6 is 15.9 Å². The van der Waals surface area contributed by atoms with Crippen molar-refractivity contribution in [3.63, 3.8) is 0 Å². The van der Waals surface area contributed by atoms with Crippen molar-refractivity contribution >= 4 is 21.6 Å². The number of nitrogens with one attached hydrogen (secondary N) is 1. The molecule has 0 radical (unpaired) electrons. The average molecular weight is 323 g/mol. The molecule has 1 aromatic rings. The smallest absolute Gasteiger partial charge is 0.100 e. The molecule has 0 bridgehead atoms. The number of halogens is 1. The maximum Gasteiger partial charge on any atom is 0.100 e. The number of piperazine rings is 1. The van der Waals surface area contributed by atoms with E-state index in [-0.39, 0.29) is 0 Å². The van der Waals surface area contributed by atoms with Crippen molar-refractivity contribution in [2.75, 3.05) is 51.2 Å². The minimum absolute atomic E-state index is 0.680. The van der Waals surface area contributed by atoms with E-state index < -0.39 is 0 Å². The van der Waals surface area contributed by atoms with Gasteiger partial charge in [0.05, 0.1) is 5.56 Å². The molecule has 0 aromatic heterocycles. The third kappa shape index (κ3) is 3.93. The van der Waals surface area contributed by atoms with Crippen molar-refractivity contribution in [2.45, 2.75) is 0 Å². The molecule has 1 saturated heterocycles. The maximum absolute atomic E-state index is 8.92. The summed E-state index contributed by atoms with van der Waals surface area (Å²) in [4.78, 5) is 4.71. The number of nitriles is 1. The molecule has 1 N–H and O–H groups in total. The Bertz CT molecular complexity index is 463. The molecule has 0 aliphatic carbocycles. The minimum Gasteiger partial charge on any atom is -0.373 e. The highest BCUT2D eigenvalue weighted by Gasteiger charge is 2.11. The molecule has 0 unspecified atom stereocenters. The topological polar surface area (TPSA) is 42.3 Å². The van der Waals surface area contributed by atoms with Crippen LogP contribution in [0.1, 0.15) is 5.56 Å². The summed E-state index contributed by atoms with van der Waals surface area (Å²) in [6.07, 6.45) is 0. The predicted molar refractivity (Wildman–Crippen MR) is 81.4 cm³/mol. The molecule has 1 aliphatic rings. The molecule has 0 atom stereocenters. The summed E-state index contributed by atoms with van der Waals surface area (Å²) >= 11 is 3.44. The molecule has 1 fully saturated rings. The molecule has 0 amide bonds. The first-order valence-electron chi connectivity index (χ1n) is 6.54. The number of hydrogen-bond donors (Lipinski definition) is 1. The van der Waals surface area contributed by atoms with Crippen molar-refractivity contribution in [3.05, 3.63) is 28.2 Å². The quantitative estimate of drug-likeness (QED) is 0.915. The maximum atomic E-state index is 8.92. The number of rotatable bonds is 4. The van der Waals surface area contributed by atoms with Crippen LogP contribution in [0.4, 0.5) is 5.69 Å². The molecule has 1 aromatic carbocycles. The summed E-state index contributed by atoms with van der Waals surface area (Å²) in [5.74, 6) is 0. The molecular formula is C14H19BrN4. The summed E-state index contributed by atoms with van der Waals surface area (Å²) in [7, 11) is 2.09. The molecule has 0 spiro atoms. The second-order valence-corrected chi connectivity index (χ2v) is 5.64. The van der Waals surface area contributed by atoms with Gasteiger partial charge in [0.15, 0.2) is 0 Å². The fourth-order valence-corrected chi connectivity index (χ4v) is 2.64. The Labute approximate surface area is 123 Å². The Balaban J connectivity index is 1.90. The van der Waals surface area contributed by atoms with Crippen LogP contribution in [0.25, 0.3) is 0 Å². The van der Waals surface area contributed by atoms with E-state index in [1.54, 1.807) is 0 Å². The number of nitrogens with zero attached hydrogens (tertiary/aromatic N) is 3. The average Bonchev–Trinajstić information content (AvgIpc) is 2.45. The Morgan fingerprint density at radius 3 is 2.79 bits per heavy atom. The molecule has 2 rings (SSSR count). The van der Waals surface area contributed by atoms with E-state index in [9.17, 15) is 0 Å². The third-order valence-corrected chi connectivity index (χ3v) is 4.13. The van der Waals surface area contributed by atoms with Crippen LogP contribution in [0.5, 0.6) is 0 Å². The lowest BCUT2D eigenvalue weighted by atomic mass is 10.2. The van der Waals surface area contributed by atoms with Crippen LogP contribution in [0.15, 0.2) is 22.7 Å². The molecular weight excluding hydrogens is 304 g/mol. The normalized spacial score (nSPS) is 16.1. The zero-order valence-corrected chi connectivity index (χ0v) is 12.8. The van der Waals surface area contributed by atoms with E-state index in [2.05, 4.69) is 44.2 Å². The fraction of sp³-hybridized carbons (Fsp3) is 0.500. The highest BCUT2D eigenvalue weighted by Crippen LogP contribution is 2.22. The second kappa shape index (κ2) is 6.90. The zero-order chi connectivity index (χ0) is 13.7. The van der Waals surface area contributed by atoms with Crippen LogP contribution in [0.3, 0.4) is 0 Å². The van der Waals surface area contributed by atoms with Crippen molar-refractivity contribution < 1.29 is 0 Å². The predicted octanol–water partition coefficient (Wildman–Crippen LogP) is 1.66. The summed E-state index contributed by atoms with van der Waals surface area (Å²) in [5, 5.41) is 12.3. The van der Waals surface area contributed by atoms with Gasteiger partial charge in [-0.25, -0.2) is 0 Å². The lowest BCUT2D eigenvalue weighted by Gasteiger charge is -2.29. The second-order valence-electron chi connectivity index (χ2n) is 4.79. The van der Waals surface area contributed by atoms with E-state index in [0.717, 1.165) is 49.4 Å². The van der Waals surface area contributed by atoms with E-state index in [1.807, 2.05) is 18.2 Å². The molecule has 1 heterocycles. The van der Waals surface area contributed by atoms with Gasteiger partial charge >= 0.3 is 0 Å². The van der Waals surface area contributed by atoms with Gasteiger partial charge < -0.3 is 10.2 Å². The Morgan fingerprint density at radius 1 is 1.42 bits per heavy atom. The Hall–Kier alpha value is -1.09. The van der Waals surface area contributed by atoms with Crippen molar-refractivity contribution in [2.24, 2.45) is 0 Å². The van der Waals surface area contributed by atoms with Crippen LogP contribution in [0.2, 0.25) is 0 Å².